The molecule has 6 heteroatoms. The Morgan fingerprint density at radius 3 is 2.41 bits per heavy atom. The summed E-state index contributed by atoms with van der Waals surface area (Å²) in [5, 5.41) is 0. The van der Waals surface area contributed by atoms with Crippen molar-refractivity contribution < 1.29 is 21.6 Å². The van der Waals surface area contributed by atoms with Gasteiger partial charge < -0.3 is 0 Å². The maximum Gasteiger partial charge on any atom is 0.501 e. The smallest absolute Gasteiger partial charge is 0.214 e. The van der Waals surface area contributed by atoms with Crippen molar-refractivity contribution in [3.63, 3.8) is 0 Å². The second-order valence-electron chi connectivity index (χ2n) is 3.70. The van der Waals surface area contributed by atoms with E-state index < -0.39 is 20.2 Å². The monoisotopic (exact) mass is 266 g/mol. The van der Waals surface area contributed by atoms with Crippen LogP contribution < -0.4 is 0 Å². The molecule has 0 aliphatic rings. The zero-order valence-electron chi connectivity index (χ0n) is 9.29. The first-order chi connectivity index (χ1) is 7.79. The molecular formula is C11H13F3O2S. The van der Waals surface area contributed by atoms with Crippen LogP contribution in [0.25, 0.3) is 0 Å². The molecule has 0 bridgehead atoms. The first-order valence-electron chi connectivity index (χ1n) is 5.19. The third-order valence-corrected chi connectivity index (χ3v) is 3.82. The highest BCUT2D eigenvalue weighted by Crippen LogP contribution is 2.30. The molecule has 0 aliphatic carbocycles. The number of halogens is 3. The average Bonchev–Trinajstić information content (AvgIpc) is 2.25. The summed E-state index contributed by atoms with van der Waals surface area (Å²) in [5.41, 5.74) is -4.63. The van der Waals surface area contributed by atoms with Crippen molar-refractivity contribution in [3.8, 4) is 0 Å². The van der Waals surface area contributed by atoms with E-state index in [0.717, 1.165) is 25.0 Å². The van der Waals surface area contributed by atoms with Gasteiger partial charge in [-0.1, -0.05) is 25.5 Å². The predicted molar refractivity (Wildman–Crippen MR) is 58.3 cm³/mol. The number of benzene rings is 1. The van der Waals surface area contributed by atoms with Gasteiger partial charge in [0.15, 0.2) is 0 Å². The number of hydrogen-bond donors (Lipinski definition) is 0. The minimum Gasteiger partial charge on any atom is -0.214 e. The highest BCUT2D eigenvalue weighted by Gasteiger charge is 2.46. The molecule has 0 aliphatic heterocycles. The standard InChI is InChI=1S/C11H13F3O2S/c1-2-3-5-9-6-4-7-10(8-9)17(15,16)11(12,13)14/h4,6-8H,2-3,5H2,1H3. The van der Waals surface area contributed by atoms with Crippen molar-refractivity contribution in [1.29, 1.82) is 0 Å². The van der Waals surface area contributed by atoms with Crippen LogP contribution in [0.3, 0.4) is 0 Å². The van der Waals surface area contributed by atoms with Crippen LogP contribution in [-0.4, -0.2) is 13.9 Å². The molecule has 0 amide bonds. The van der Waals surface area contributed by atoms with E-state index >= 15 is 0 Å². The molecule has 0 spiro atoms. The summed E-state index contributed by atoms with van der Waals surface area (Å²) >= 11 is 0. The summed E-state index contributed by atoms with van der Waals surface area (Å²) in [7, 11) is -5.22. The topological polar surface area (TPSA) is 34.1 Å². The number of alkyl halides is 3. The van der Waals surface area contributed by atoms with Crippen LogP contribution in [0.4, 0.5) is 13.2 Å². The van der Waals surface area contributed by atoms with Crippen LogP contribution in [-0.2, 0) is 16.3 Å². The van der Waals surface area contributed by atoms with Gasteiger partial charge in [-0.2, -0.15) is 13.2 Å². The van der Waals surface area contributed by atoms with E-state index in [1.807, 2.05) is 6.92 Å². The van der Waals surface area contributed by atoms with Crippen molar-refractivity contribution in [1.82, 2.24) is 0 Å². The zero-order valence-corrected chi connectivity index (χ0v) is 10.1. The third kappa shape index (κ3) is 3.21. The summed E-state index contributed by atoms with van der Waals surface area (Å²) in [5.74, 6) is 0. The fourth-order valence-electron chi connectivity index (χ4n) is 1.38. The Bertz CT molecular complexity index is 478. The Kier molecular flexibility index (Phi) is 4.19. The van der Waals surface area contributed by atoms with E-state index in [9.17, 15) is 21.6 Å². The Morgan fingerprint density at radius 2 is 1.88 bits per heavy atom. The first-order valence-corrected chi connectivity index (χ1v) is 6.67. The molecular weight excluding hydrogens is 253 g/mol. The summed E-state index contributed by atoms with van der Waals surface area (Å²) in [6.45, 7) is 1.95. The summed E-state index contributed by atoms with van der Waals surface area (Å²) in [4.78, 5) is -0.682. The van der Waals surface area contributed by atoms with Crippen molar-refractivity contribution in [2.45, 2.75) is 36.6 Å². The third-order valence-electron chi connectivity index (χ3n) is 2.33. The fourth-order valence-corrected chi connectivity index (χ4v) is 2.21. The molecule has 0 saturated carbocycles. The zero-order chi connectivity index (χ0) is 13.1. The molecule has 17 heavy (non-hydrogen) atoms. The molecule has 0 saturated heterocycles. The fraction of sp³-hybridized carbons (Fsp3) is 0.455. The summed E-state index contributed by atoms with van der Waals surface area (Å²) < 4.78 is 59.3. The van der Waals surface area contributed by atoms with Crippen molar-refractivity contribution in [3.05, 3.63) is 29.8 Å². The van der Waals surface area contributed by atoms with Gasteiger partial charge in [-0.25, -0.2) is 8.42 Å². The highest BCUT2D eigenvalue weighted by molar-refractivity contribution is 7.92. The molecule has 1 rings (SSSR count). The lowest BCUT2D eigenvalue weighted by atomic mass is 10.1. The molecule has 1 aromatic rings. The Hall–Kier alpha value is -1.04. The van der Waals surface area contributed by atoms with Gasteiger partial charge in [0, 0.05) is 0 Å². The number of aryl methyl sites for hydroxylation is 1. The number of unbranched alkanes of at least 4 members (excludes halogenated alkanes) is 1. The van der Waals surface area contributed by atoms with Gasteiger partial charge in [0.1, 0.15) is 0 Å². The molecule has 0 fully saturated rings. The first kappa shape index (κ1) is 14.0. The molecule has 0 radical (unpaired) electrons. The molecule has 0 N–H and O–H groups in total. The molecule has 2 nitrogen and oxygen atoms in total. The normalized spacial score (nSPS) is 12.7. The molecule has 96 valence electrons. The minimum absolute atomic E-state index is 0.581. The van der Waals surface area contributed by atoms with Crippen LogP contribution in [0.2, 0.25) is 0 Å². The molecule has 0 aromatic heterocycles. The van der Waals surface area contributed by atoms with E-state index in [2.05, 4.69) is 0 Å². The van der Waals surface area contributed by atoms with Gasteiger partial charge in [-0.3, -0.25) is 0 Å². The molecule has 0 atom stereocenters. The number of rotatable bonds is 4. The highest BCUT2D eigenvalue weighted by atomic mass is 32.2. The Labute approximate surface area is 98.4 Å². The van der Waals surface area contributed by atoms with E-state index in [-0.39, 0.29) is 0 Å². The maximum absolute atomic E-state index is 12.3. The quantitative estimate of drug-likeness (QED) is 0.837. The number of hydrogen-bond acceptors (Lipinski definition) is 2. The average molecular weight is 266 g/mol. The maximum atomic E-state index is 12.3. The molecule has 0 unspecified atom stereocenters. The second-order valence-corrected chi connectivity index (χ2v) is 5.64. The van der Waals surface area contributed by atoms with Gasteiger partial charge in [0.25, 0.3) is 9.84 Å². The molecule has 1 aromatic carbocycles. The lowest BCUT2D eigenvalue weighted by Gasteiger charge is -2.09. The van der Waals surface area contributed by atoms with Crippen LogP contribution in [0.15, 0.2) is 29.2 Å². The summed E-state index contributed by atoms with van der Waals surface area (Å²) in [6.07, 6.45) is 2.30. The molecule has 0 heterocycles. The van der Waals surface area contributed by atoms with Gasteiger partial charge in [-0.15, -0.1) is 0 Å². The number of sulfone groups is 1. The van der Waals surface area contributed by atoms with Crippen molar-refractivity contribution in [2.75, 3.05) is 0 Å². The largest absolute Gasteiger partial charge is 0.501 e. The van der Waals surface area contributed by atoms with Gasteiger partial charge in [0.05, 0.1) is 4.90 Å². The summed E-state index contributed by atoms with van der Waals surface area (Å²) in [6, 6.07) is 5.03. The van der Waals surface area contributed by atoms with Crippen LogP contribution in [0, 0.1) is 0 Å². The Balaban J connectivity index is 3.08. The van der Waals surface area contributed by atoms with Crippen LogP contribution >= 0.6 is 0 Å². The minimum atomic E-state index is -5.24. The second kappa shape index (κ2) is 5.08. The van der Waals surface area contributed by atoms with Crippen LogP contribution in [0.1, 0.15) is 25.3 Å². The van der Waals surface area contributed by atoms with Crippen LogP contribution in [0.5, 0.6) is 0 Å². The lowest BCUT2D eigenvalue weighted by Crippen LogP contribution is -2.23. The Morgan fingerprint density at radius 1 is 1.24 bits per heavy atom. The van der Waals surface area contributed by atoms with E-state index in [1.165, 1.54) is 6.07 Å². The predicted octanol–water partition coefficient (Wildman–Crippen LogP) is 3.32. The van der Waals surface area contributed by atoms with Gasteiger partial charge in [-0.05, 0) is 30.5 Å². The van der Waals surface area contributed by atoms with Crippen molar-refractivity contribution >= 4 is 9.84 Å². The van der Waals surface area contributed by atoms with E-state index in [1.54, 1.807) is 6.07 Å². The van der Waals surface area contributed by atoms with E-state index in [4.69, 9.17) is 0 Å². The van der Waals surface area contributed by atoms with Crippen molar-refractivity contribution in [2.24, 2.45) is 0 Å². The van der Waals surface area contributed by atoms with Gasteiger partial charge >= 0.3 is 5.51 Å². The lowest BCUT2D eigenvalue weighted by molar-refractivity contribution is -0.0436. The van der Waals surface area contributed by atoms with Gasteiger partial charge in [0.2, 0.25) is 0 Å². The SMILES string of the molecule is CCCCc1cccc(S(=O)(=O)C(F)(F)F)c1. The van der Waals surface area contributed by atoms with E-state index in [0.29, 0.717) is 12.0 Å².